The zero-order chi connectivity index (χ0) is 30.2. The number of methoxy groups -OCH3 is 1. The summed E-state index contributed by atoms with van der Waals surface area (Å²) in [4.78, 5) is 0. The van der Waals surface area contributed by atoms with E-state index in [1.807, 2.05) is 0 Å². The molecule has 1 heterocycles. The molecule has 2 aromatic carbocycles. The van der Waals surface area contributed by atoms with Gasteiger partial charge in [0.05, 0.1) is 11.2 Å². The van der Waals surface area contributed by atoms with Crippen molar-refractivity contribution in [3.63, 3.8) is 0 Å². The summed E-state index contributed by atoms with van der Waals surface area (Å²) in [6.07, 6.45) is 8.11. The maximum Gasteiger partial charge on any atom is 0.495 e. The van der Waals surface area contributed by atoms with Crippen molar-refractivity contribution in [1.29, 1.82) is 0 Å². The Labute approximate surface area is 255 Å². The lowest BCUT2D eigenvalue weighted by Gasteiger charge is -2.57. The van der Waals surface area contributed by atoms with Crippen LogP contribution in [0.15, 0.2) is 30.3 Å². The number of benzene rings is 2. The van der Waals surface area contributed by atoms with Crippen LogP contribution in [0.1, 0.15) is 123 Å². The summed E-state index contributed by atoms with van der Waals surface area (Å²) in [5.74, 6) is 3.94. The molecule has 5 fully saturated rings. The predicted molar refractivity (Wildman–Crippen MR) is 173 cm³/mol. The Hall–Kier alpha value is -1.82. The molecule has 4 aliphatic carbocycles. The average Bonchev–Trinajstić information content (AvgIpc) is 3.11. The minimum Gasteiger partial charge on any atom is -0.467 e. The van der Waals surface area contributed by atoms with Crippen LogP contribution in [-0.2, 0) is 24.9 Å². The van der Waals surface area contributed by atoms with Gasteiger partial charge in [0.1, 0.15) is 5.75 Å². The van der Waals surface area contributed by atoms with Crippen LogP contribution in [0, 0.1) is 17.8 Å². The number of rotatable bonds is 7. The molecule has 5 heteroatoms. The third kappa shape index (κ3) is 5.16. The van der Waals surface area contributed by atoms with Gasteiger partial charge in [-0.25, -0.2) is 0 Å². The Morgan fingerprint density at radius 3 is 1.93 bits per heavy atom. The zero-order valence-corrected chi connectivity index (χ0v) is 27.9. The van der Waals surface area contributed by atoms with Gasteiger partial charge in [-0.2, -0.15) is 0 Å². The van der Waals surface area contributed by atoms with E-state index in [1.54, 1.807) is 7.11 Å². The molecule has 1 saturated heterocycles. The van der Waals surface area contributed by atoms with Crippen molar-refractivity contribution in [2.24, 2.45) is 17.8 Å². The molecule has 0 radical (unpaired) electrons. The topological polar surface area (TPSA) is 36.9 Å². The summed E-state index contributed by atoms with van der Waals surface area (Å²) >= 11 is 0. The van der Waals surface area contributed by atoms with E-state index in [2.05, 4.69) is 92.6 Å². The van der Waals surface area contributed by atoms with Crippen LogP contribution in [0.2, 0.25) is 0 Å². The van der Waals surface area contributed by atoms with Gasteiger partial charge < -0.3 is 18.8 Å². The van der Waals surface area contributed by atoms with Gasteiger partial charge >= 0.3 is 7.12 Å². The van der Waals surface area contributed by atoms with E-state index in [1.165, 1.54) is 55.2 Å². The van der Waals surface area contributed by atoms with E-state index in [9.17, 15) is 0 Å². The largest absolute Gasteiger partial charge is 0.495 e. The standard InChI is InChI=1S/C37H53BO4/c1-23(2)27-11-12-29(32(16-27)38-41-35(6,7)36(8,9)42-38)30-17-28(34(3,4)5)18-31(33(30)40-22-39-10)37-19-24-13-25(20-37)15-26(14-24)21-37/h11-12,16-18,23-26H,13-15,19-22H2,1-10H3. The van der Waals surface area contributed by atoms with Gasteiger partial charge in [0.2, 0.25) is 0 Å². The van der Waals surface area contributed by atoms with Gasteiger partial charge in [-0.1, -0.05) is 58.9 Å². The molecular formula is C37H53BO4. The molecule has 42 heavy (non-hydrogen) atoms. The first-order valence-corrected chi connectivity index (χ1v) is 16.4. The molecule has 0 spiro atoms. The van der Waals surface area contributed by atoms with Gasteiger partial charge in [-0.15, -0.1) is 0 Å². The molecule has 0 unspecified atom stereocenters. The Balaban J connectivity index is 1.59. The highest BCUT2D eigenvalue weighted by Gasteiger charge is 2.54. The number of ether oxygens (including phenoxy) is 2. The van der Waals surface area contributed by atoms with Crippen molar-refractivity contribution in [2.75, 3.05) is 13.9 Å². The second kappa shape index (κ2) is 10.4. The molecule has 0 amide bonds. The fourth-order valence-corrected chi connectivity index (χ4v) is 8.72. The minimum atomic E-state index is -0.458. The Bertz CT molecular complexity index is 1280. The average molecular weight is 573 g/mol. The molecule has 0 N–H and O–H groups in total. The summed E-state index contributed by atoms with van der Waals surface area (Å²) in [6.45, 7) is 20.3. The normalized spacial score (nSPS) is 29.5. The van der Waals surface area contributed by atoms with Crippen LogP contribution >= 0.6 is 0 Å². The van der Waals surface area contributed by atoms with Crippen LogP contribution in [0.25, 0.3) is 11.1 Å². The first kappa shape index (κ1) is 30.2. The third-order valence-corrected chi connectivity index (χ3v) is 11.4. The molecule has 0 aromatic heterocycles. The first-order valence-electron chi connectivity index (χ1n) is 16.4. The molecular weight excluding hydrogens is 519 g/mol. The molecule has 7 rings (SSSR count). The fraction of sp³-hybridized carbons (Fsp3) is 0.676. The molecule has 228 valence electrons. The minimum absolute atomic E-state index is 0.00599. The van der Waals surface area contributed by atoms with Crippen molar-refractivity contribution in [3.05, 3.63) is 47.0 Å². The predicted octanol–water partition coefficient (Wildman–Crippen LogP) is 8.52. The molecule has 4 saturated carbocycles. The lowest BCUT2D eigenvalue weighted by molar-refractivity contribution is -0.00881. The lowest BCUT2D eigenvalue weighted by atomic mass is 9.47. The smallest absolute Gasteiger partial charge is 0.467 e. The summed E-state index contributed by atoms with van der Waals surface area (Å²) < 4.78 is 25.7. The van der Waals surface area contributed by atoms with E-state index in [0.29, 0.717) is 5.92 Å². The van der Waals surface area contributed by atoms with Crippen molar-refractivity contribution in [3.8, 4) is 16.9 Å². The van der Waals surface area contributed by atoms with Gasteiger partial charge in [0, 0.05) is 18.2 Å². The van der Waals surface area contributed by atoms with Crippen LogP contribution in [-0.4, -0.2) is 32.2 Å². The van der Waals surface area contributed by atoms with Crippen molar-refractivity contribution in [1.82, 2.24) is 0 Å². The second-order valence-electron chi connectivity index (χ2n) is 16.5. The van der Waals surface area contributed by atoms with Gasteiger partial charge in [-0.05, 0) is 129 Å². The van der Waals surface area contributed by atoms with Gasteiger partial charge in [0.15, 0.2) is 6.79 Å². The summed E-state index contributed by atoms with van der Waals surface area (Å²) in [7, 11) is 1.26. The van der Waals surface area contributed by atoms with E-state index in [-0.39, 0.29) is 17.6 Å². The van der Waals surface area contributed by atoms with Crippen molar-refractivity contribution < 1.29 is 18.8 Å². The summed E-state index contributed by atoms with van der Waals surface area (Å²) in [5.41, 5.74) is 6.76. The molecule has 2 aromatic rings. The summed E-state index contributed by atoms with van der Waals surface area (Å²) in [6, 6.07) is 11.8. The van der Waals surface area contributed by atoms with E-state index in [4.69, 9.17) is 18.8 Å². The second-order valence-corrected chi connectivity index (χ2v) is 16.5. The maximum absolute atomic E-state index is 6.71. The Morgan fingerprint density at radius 2 is 1.43 bits per heavy atom. The first-order chi connectivity index (χ1) is 19.6. The van der Waals surface area contributed by atoms with Crippen LogP contribution in [0.5, 0.6) is 5.75 Å². The molecule has 0 atom stereocenters. The van der Waals surface area contributed by atoms with Crippen molar-refractivity contribution in [2.45, 2.75) is 129 Å². The highest BCUT2D eigenvalue weighted by atomic mass is 16.7. The van der Waals surface area contributed by atoms with E-state index >= 15 is 0 Å². The number of hydrogen-bond acceptors (Lipinski definition) is 4. The fourth-order valence-electron chi connectivity index (χ4n) is 8.72. The molecule has 4 nitrogen and oxygen atoms in total. The highest BCUT2D eigenvalue weighted by molar-refractivity contribution is 6.64. The Morgan fingerprint density at radius 1 is 0.857 bits per heavy atom. The quantitative estimate of drug-likeness (QED) is 0.246. The summed E-state index contributed by atoms with van der Waals surface area (Å²) in [5, 5.41) is 0. The van der Waals surface area contributed by atoms with Crippen molar-refractivity contribution >= 4 is 12.6 Å². The van der Waals surface area contributed by atoms with Crippen LogP contribution < -0.4 is 10.2 Å². The van der Waals surface area contributed by atoms with Gasteiger partial charge in [-0.3, -0.25) is 0 Å². The van der Waals surface area contributed by atoms with Crippen LogP contribution in [0.3, 0.4) is 0 Å². The Kier molecular flexibility index (Phi) is 7.47. The highest BCUT2D eigenvalue weighted by Crippen LogP contribution is 2.63. The number of hydrogen-bond donors (Lipinski definition) is 0. The maximum atomic E-state index is 6.71. The zero-order valence-electron chi connectivity index (χ0n) is 27.9. The van der Waals surface area contributed by atoms with E-state index in [0.717, 1.165) is 40.1 Å². The third-order valence-electron chi connectivity index (χ3n) is 11.4. The molecule has 5 aliphatic rings. The molecule has 1 aliphatic heterocycles. The van der Waals surface area contributed by atoms with Crippen LogP contribution in [0.4, 0.5) is 0 Å². The monoisotopic (exact) mass is 572 g/mol. The van der Waals surface area contributed by atoms with E-state index < -0.39 is 18.3 Å². The SMILES string of the molecule is COCOc1c(-c2ccc(C(C)C)cc2B2OC(C)(C)C(C)(C)O2)cc(C(C)(C)C)cc1C12CC3CC(CC(C3)C1)C2. The van der Waals surface area contributed by atoms with Gasteiger partial charge in [0.25, 0.3) is 0 Å². The molecule has 4 bridgehead atoms. The lowest BCUT2D eigenvalue weighted by Crippen LogP contribution is -2.48.